The third kappa shape index (κ3) is 17.3. The van der Waals surface area contributed by atoms with Gasteiger partial charge in [-0.25, -0.2) is 24.0 Å². The fourth-order valence-electron chi connectivity index (χ4n) is 7.27. The molecule has 0 unspecified atom stereocenters. The van der Waals surface area contributed by atoms with Gasteiger partial charge in [-0.2, -0.15) is 0 Å². The zero-order valence-electron chi connectivity index (χ0n) is 42.5. The van der Waals surface area contributed by atoms with Crippen molar-refractivity contribution >= 4 is 64.6 Å². The molecule has 19 heteroatoms. The van der Waals surface area contributed by atoms with E-state index in [0.717, 1.165) is 22.3 Å². The Morgan fingerprint density at radius 1 is 0.308 bits per heavy atom. The number of ether oxygens (including phenoxy) is 11. The van der Waals surface area contributed by atoms with E-state index in [4.69, 9.17) is 86.9 Å². The molecule has 0 amide bonds. The van der Waals surface area contributed by atoms with Crippen LogP contribution in [0.3, 0.4) is 0 Å². The number of alkyl halides is 3. The number of esters is 5. The molecule has 7 aromatic carbocycles. The first kappa shape index (κ1) is 57.3. The molecule has 0 saturated heterocycles. The SMILES string of the molecule is COC(=O)c1ccc(COc2cc(COc3cc(OCc4cc(OCc5ccc(C(=O)OC)cc5)cc(OCc5ccc(C(=O)OC)cc5)c4)cc(C(=O)OCC(Cl)(Cl)Cl)c3)cc(OCc3ccc(C(=O)OC)cc3)c2)cc1. The van der Waals surface area contributed by atoms with Crippen LogP contribution in [0.25, 0.3) is 0 Å². The van der Waals surface area contributed by atoms with Gasteiger partial charge in [0, 0.05) is 18.2 Å². The number of rotatable bonds is 24. The quantitative estimate of drug-likeness (QED) is 0.0316. The minimum atomic E-state index is -1.89. The van der Waals surface area contributed by atoms with E-state index in [9.17, 15) is 24.0 Å². The van der Waals surface area contributed by atoms with Gasteiger partial charge in [0.1, 0.15) is 80.7 Å². The van der Waals surface area contributed by atoms with Crippen molar-refractivity contribution in [1.82, 2.24) is 0 Å². The third-order valence-electron chi connectivity index (χ3n) is 11.3. The summed E-state index contributed by atoms with van der Waals surface area (Å²) in [7, 11) is 5.24. The highest BCUT2D eigenvalue weighted by Gasteiger charge is 2.24. The highest BCUT2D eigenvalue weighted by molar-refractivity contribution is 6.67. The lowest BCUT2D eigenvalue weighted by molar-refractivity contribution is 0.0508. The number of benzene rings is 7. The molecule has 0 fully saturated rings. The molecule has 0 heterocycles. The van der Waals surface area contributed by atoms with Crippen molar-refractivity contribution in [2.75, 3.05) is 35.0 Å². The van der Waals surface area contributed by atoms with E-state index in [1.54, 1.807) is 140 Å². The summed E-state index contributed by atoms with van der Waals surface area (Å²) in [6.45, 7) is -0.100. The van der Waals surface area contributed by atoms with Gasteiger partial charge in [0.2, 0.25) is 3.79 Å². The van der Waals surface area contributed by atoms with Crippen molar-refractivity contribution in [3.63, 3.8) is 0 Å². The summed E-state index contributed by atoms with van der Waals surface area (Å²) < 4.78 is 60.3. The highest BCUT2D eigenvalue weighted by Crippen LogP contribution is 2.32. The molecular weight excluding hydrogens is 1070 g/mol. The number of halogens is 3. The normalized spacial score (nSPS) is 10.9. The van der Waals surface area contributed by atoms with Gasteiger partial charge < -0.3 is 52.1 Å². The maximum atomic E-state index is 13.5. The van der Waals surface area contributed by atoms with Crippen LogP contribution >= 0.6 is 34.8 Å². The van der Waals surface area contributed by atoms with Crippen LogP contribution in [0.1, 0.15) is 85.2 Å². The van der Waals surface area contributed by atoms with Gasteiger partial charge in [-0.3, -0.25) is 0 Å². The molecule has 0 N–H and O–H groups in total. The summed E-state index contributed by atoms with van der Waals surface area (Å²) in [5.74, 6) is -0.547. The van der Waals surface area contributed by atoms with Crippen LogP contribution in [0.4, 0.5) is 0 Å². The molecule has 0 saturated carbocycles. The molecule has 16 nitrogen and oxygen atoms in total. The Hall–Kier alpha value is -8.44. The monoisotopic (exact) mass is 1120 g/mol. The van der Waals surface area contributed by atoms with Crippen molar-refractivity contribution in [2.24, 2.45) is 0 Å². The molecule has 0 bridgehead atoms. The first-order chi connectivity index (χ1) is 37.6. The zero-order valence-corrected chi connectivity index (χ0v) is 44.8. The van der Waals surface area contributed by atoms with Gasteiger partial charge >= 0.3 is 29.8 Å². The molecule has 0 aliphatic rings. The molecule has 78 heavy (non-hydrogen) atoms. The molecule has 0 spiro atoms. The Morgan fingerprint density at radius 2 is 0.538 bits per heavy atom. The molecule has 404 valence electrons. The summed E-state index contributed by atoms with van der Waals surface area (Å²) in [6.07, 6.45) is 0. The van der Waals surface area contributed by atoms with Gasteiger partial charge in [-0.15, -0.1) is 0 Å². The lowest BCUT2D eigenvalue weighted by Gasteiger charge is -2.16. The molecule has 0 aromatic heterocycles. The summed E-state index contributed by atoms with van der Waals surface area (Å²) in [5, 5.41) is 0. The van der Waals surface area contributed by atoms with E-state index in [-0.39, 0.29) is 56.7 Å². The smallest absolute Gasteiger partial charge is 0.338 e. The standard InChI is InChI=1S/C59H51Cl3O16/c1-68-54(63)43-13-5-37(6-14-43)30-72-48-21-41(22-49(27-48)73-31-38-7-15-44(16-8-38)55(64)69-2)34-76-52-25-47(58(67)78-36-59(60,61)62)26-53(29-52)77-35-42-23-50(74-32-39-9-17-45(18-10-39)56(65)70-3)28-51(24-42)75-33-40-11-19-46(20-12-40)57(66)71-4/h5-29H,30-36H2,1-4H3. The number of methoxy groups -OCH3 is 4. The summed E-state index contributed by atoms with van der Waals surface area (Å²) in [6, 6.07) is 42.2. The topological polar surface area (TPSA) is 187 Å². The van der Waals surface area contributed by atoms with E-state index in [1.807, 2.05) is 0 Å². The van der Waals surface area contributed by atoms with Crippen LogP contribution in [0, 0.1) is 0 Å². The zero-order chi connectivity index (χ0) is 55.6. The molecule has 7 rings (SSSR count). The van der Waals surface area contributed by atoms with E-state index < -0.39 is 40.2 Å². The fraction of sp³-hybridized carbons (Fsp3) is 0.203. The first-order valence-corrected chi connectivity index (χ1v) is 24.8. The second-order valence-corrected chi connectivity index (χ2v) is 19.5. The van der Waals surface area contributed by atoms with Crippen LogP contribution in [0.2, 0.25) is 0 Å². The van der Waals surface area contributed by atoms with Crippen molar-refractivity contribution in [3.8, 4) is 34.5 Å². The second kappa shape index (κ2) is 27.6. The van der Waals surface area contributed by atoms with E-state index in [1.165, 1.54) is 40.6 Å². The van der Waals surface area contributed by atoms with Crippen molar-refractivity contribution < 1.29 is 76.1 Å². The summed E-state index contributed by atoms with van der Waals surface area (Å²) in [5.41, 5.74) is 5.91. The highest BCUT2D eigenvalue weighted by atomic mass is 35.6. The molecule has 0 radical (unpaired) electrons. The van der Waals surface area contributed by atoms with E-state index >= 15 is 0 Å². The summed E-state index contributed by atoms with van der Waals surface area (Å²) in [4.78, 5) is 61.5. The Labute approximate surface area is 464 Å². The average Bonchev–Trinajstić information content (AvgIpc) is 3.46. The van der Waals surface area contributed by atoms with Crippen molar-refractivity contribution in [3.05, 3.63) is 213 Å². The predicted molar refractivity (Wildman–Crippen MR) is 287 cm³/mol. The minimum Gasteiger partial charge on any atom is -0.489 e. The fourth-order valence-corrected chi connectivity index (χ4v) is 7.43. The van der Waals surface area contributed by atoms with Crippen LogP contribution in [0.5, 0.6) is 34.5 Å². The van der Waals surface area contributed by atoms with Crippen molar-refractivity contribution in [2.45, 2.75) is 43.4 Å². The number of hydrogen-bond acceptors (Lipinski definition) is 16. The van der Waals surface area contributed by atoms with E-state index in [0.29, 0.717) is 56.4 Å². The molecule has 0 aliphatic heterocycles. The third-order valence-corrected chi connectivity index (χ3v) is 11.6. The van der Waals surface area contributed by atoms with Crippen molar-refractivity contribution in [1.29, 1.82) is 0 Å². The lowest BCUT2D eigenvalue weighted by Crippen LogP contribution is -2.17. The first-order valence-electron chi connectivity index (χ1n) is 23.7. The van der Waals surface area contributed by atoms with Gasteiger partial charge in [-0.1, -0.05) is 83.3 Å². The Bertz CT molecular complexity index is 2830. The minimum absolute atomic E-state index is 0.0202. The molecule has 0 atom stereocenters. The Balaban J connectivity index is 1.13. The van der Waals surface area contributed by atoms with Gasteiger partial charge in [0.15, 0.2) is 0 Å². The number of hydrogen-bond donors (Lipinski definition) is 0. The predicted octanol–water partition coefficient (Wildman–Crippen LogP) is 11.8. The number of carbonyl (C=O) groups is 5. The molecular formula is C59H51Cl3O16. The van der Waals surface area contributed by atoms with Crippen LogP contribution < -0.4 is 28.4 Å². The number of carbonyl (C=O) groups excluding carboxylic acids is 5. The van der Waals surface area contributed by atoms with Gasteiger partial charge in [0.05, 0.1) is 56.3 Å². The van der Waals surface area contributed by atoms with E-state index in [2.05, 4.69) is 0 Å². The second-order valence-electron chi connectivity index (χ2n) is 17.0. The van der Waals surface area contributed by atoms with Crippen LogP contribution in [0.15, 0.2) is 152 Å². The maximum absolute atomic E-state index is 13.5. The Morgan fingerprint density at radius 3 is 0.769 bits per heavy atom. The van der Waals surface area contributed by atoms with Gasteiger partial charge in [-0.05, 0) is 118 Å². The Kier molecular flexibility index (Phi) is 20.2. The maximum Gasteiger partial charge on any atom is 0.338 e. The lowest BCUT2D eigenvalue weighted by atomic mass is 10.1. The largest absolute Gasteiger partial charge is 0.489 e. The summed E-state index contributed by atoms with van der Waals surface area (Å²) >= 11 is 17.8. The molecule has 7 aromatic rings. The van der Waals surface area contributed by atoms with Crippen LogP contribution in [-0.2, 0) is 63.3 Å². The average molecular weight is 1120 g/mol. The van der Waals surface area contributed by atoms with Crippen LogP contribution in [-0.4, -0.2) is 68.7 Å². The molecule has 0 aliphatic carbocycles. The van der Waals surface area contributed by atoms with Gasteiger partial charge in [0.25, 0.3) is 0 Å².